The van der Waals surface area contributed by atoms with E-state index in [1.807, 2.05) is 21.1 Å². The summed E-state index contributed by atoms with van der Waals surface area (Å²) < 4.78 is 9.67. The van der Waals surface area contributed by atoms with Crippen LogP contribution in [-0.2, 0) is 23.9 Å². The van der Waals surface area contributed by atoms with Crippen molar-refractivity contribution >= 4 is 17.9 Å². The van der Waals surface area contributed by atoms with Gasteiger partial charge in [-0.15, -0.1) is 0 Å². The minimum atomic E-state index is -1.31. The van der Waals surface area contributed by atoms with Gasteiger partial charge < -0.3 is 23.9 Å². The first kappa shape index (κ1) is 16.4. The van der Waals surface area contributed by atoms with E-state index in [4.69, 9.17) is 4.74 Å². The minimum absolute atomic E-state index is 0.306. The molecule has 18 heavy (non-hydrogen) atoms. The second-order valence-electron chi connectivity index (χ2n) is 4.91. The molecule has 0 aromatic heterocycles. The quantitative estimate of drug-likeness (QED) is 0.308. The first-order valence-corrected chi connectivity index (χ1v) is 5.40. The standard InChI is InChI=1S/C11H19NO6/c1-12(2,3)7-8(5-9(13)14)18-11(16)6-10(15)17-4/h8H,5-7H2,1-4H3/t8-/m1/s1. The molecule has 0 saturated heterocycles. The molecular weight excluding hydrogens is 242 g/mol. The number of carboxylic acid groups (broad SMARTS) is 1. The normalized spacial score (nSPS) is 12.7. The highest BCUT2D eigenvalue weighted by Crippen LogP contribution is 2.06. The number of carbonyl (C=O) groups excluding carboxylic acids is 3. The summed E-state index contributed by atoms with van der Waals surface area (Å²) in [4.78, 5) is 32.8. The van der Waals surface area contributed by atoms with Gasteiger partial charge in [0, 0.05) is 12.4 Å². The molecule has 0 radical (unpaired) electrons. The molecule has 0 bridgehead atoms. The molecule has 0 aliphatic rings. The number of nitrogens with zero attached hydrogens (tertiary/aromatic N) is 1. The maximum atomic E-state index is 11.3. The molecular formula is C11H19NO6. The second-order valence-corrected chi connectivity index (χ2v) is 4.91. The van der Waals surface area contributed by atoms with Gasteiger partial charge in [-0.3, -0.25) is 9.59 Å². The summed E-state index contributed by atoms with van der Waals surface area (Å²) in [5, 5.41) is 10.6. The van der Waals surface area contributed by atoms with Gasteiger partial charge in [0.15, 0.2) is 6.10 Å². The molecule has 0 N–H and O–H groups in total. The molecule has 0 fully saturated rings. The third-order valence-corrected chi connectivity index (χ3v) is 1.96. The molecule has 104 valence electrons. The van der Waals surface area contributed by atoms with Crippen LogP contribution in [-0.4, -0.2) is 63.3 Å². The van der Waals surface area contributed by atoms with Crippen molar-refractivity contribution in [3.05, 3.63) is 0 Å². The molecule has 0 aromatic carbocycles. The van der Waals surface area contributed by atoms with E-state index in [0.29, 0.717) is 11.0 Å². The Kier molecular flexibility index (Phi) is 6.32. The van der Waals surface area contributed by atoms with Crippen LogP contribution in [0.3, 0.4) is 0 Å². The number of carbonyl (C=O) groups is 3. The van der Waals surface area contributed by atoms with E-state index in [2.05, 4.69) is 4.74 Å². The number of likely N-dealkylation sites (N-methyl/N-ethyl adjacent to an activating group) is 1. The molecule has 0 aromatic rings. The fraction of sp³-hybridized carbons (Fsp3) is 0.727. The van der Waals surface area contributed by atoms with E-state index in [0.717, 1.165) is 7.11 Å². The van der Waals surface area contributed by atoms with Gasteiger partial charge in [0.1, 0.15) is 13.0 Å². The highest BCUT2D eigenvalue weighted by molar-refractivity contribution is 5.91. The van der Waals surface area contributed by atoms with E-state index in [1.54, 1.807) is 0 Å². The number of hydrogen-bond donors (Lipinski definition) is 0. The van der Waals surface area contributed by atoms with Gasteiger partial charge >= 0.3 is 11.9 Å². The first-order valence-electron chi connectivity index (χ1n) is 5.40. The molecule has 0 aliphatic carbocycles. The fourth-order valence-corrected chi connectivity index (χ4v) is 1.36. The van der Waals surface area contributed by atoms with Crippen LogP contribution in [0.1, 0.15) is 12.8 Å². The number of rotatable bonds is 7. The Labute approximate surface area is 106 Å². The molecule has 7 nitrogen and oxygen atoms in total. The third-order valence-electron chi connectivity index (χ3n) is 1.96. The summed E-state index contributed by atoms with van der Waals surface area (Å²) in [5.41, 5.74) is 0. The SMILES string of the molecule is COC(=O)CC(=O)O[C@H](CC(=O)[O-])C[N+](C)(C)C. The molecule has 0 spiro atoms. The van der Waals surface area contributed by atoms with Crippen molar-refractivity contribution in [2.24, 2.45) is 0 Å². The lowest BCUT2D eigenvalue weighted by atomic mass is 10.2. The Hall–Kier alpha value is -1.63. The van der Waals surface area contributed by atoms with Gasteiger partial charge in [0.05, 0.1) is 28.3 Å². The van der Waals surface area contributed by atoms with Gasteiger partial charge in [-0.05, 0) is 0 Å². The number of esters is 2. The zero-order valence-corrected chi connectivity index (χ0v) is 11.1. The lowest BCUT2D eigenvalue weighted by molar-refractivity contribution is -0.873. The summed E-state index contributed by atoms with van der Waals surface area (Å²) >= 11 is 0. The molecule has 0 amide bonds. The minimum Gasteiger partial charge on any atom is -0.550 e. The summed E-state index contributed by atoms with van der Waals surface area (Å²) in [6, 6.07) is 0. The summed E-state index contributed by atoms with van der Waals surface area (Å²) in [5.74, 6) is -2.83. The molecule has 0 saturated carbocycles. The van der Waals surface area contributed by atoms with Crippen LogP contribution in [0.15, 0.2) is 0 Å². The molecule has 0 heterocycles. The summed E-state index contributed by atoms with van der Waals surface area (Å²) in [7, 11) is 6.64. The Morgan fingerprint density at radius 2 is 1.72 bits per heavy atom. The molecule has 7 heteroatoms. The topological polar surface area (TPSA) is 92.7 Å². The number of ether oxygens (including phenoxy) is 2. The van der Waals surface area contributed by atoms with Gasteiger partial charge in [-0.1, -0.05) is 0 Å². The smallest absolute Gasteiger partial charge is 0.317 e. The maximum Gasteiger partial charge on any atom is 0.317 e. The Morgan fingerprint density at radius 1 is 1.17 bits per heavy atom. The lowest BCUT2D eigenvalue weighted by Crippen LogP contribution is -2.45. The zero-order chi connectivity index (χ0) is 14.3. The summed E-state index contributed by atoms with van der Waals surface area (Å²) in [6.45, 7) is 0.306. The number of quaternary nitrogens is 1. The van der Waals surface area contributed by atoms with E-state index in [1.165, 1.54) is 0 Å². The molecule has 0 aliphatic heterocycles. The highest BCUT2D eigenvalue weighted by Gasteiger charge is 2.23. The van der Waals surface area contributed by atoms with Crippen molar-refractivity contribution < 1.29 is 33.4 Å². The van der Waals surface area contributed by atoms with E-state index in [-0.39, 0.29) is 0 Å². The fourth-order valence-electron chi connectivity index (χ4n) is 1.36. The van der Waals surface area contributed by atoms with Crippen molar-refractivity contribution in [3.63, 3.8) is 0 Å². The monoisotopic (exact) mass is 261 g/mol. The van der Waals surface area contributed by atoms with Crippen molar-refractivity contribution in [1.82, 2.24) is 0 Å². The average Bonchev–Trinajstić information content (AvgIpc) is 2.12. The van der Waals surface area contributed by atoms with Crippen LogP contribution in [0.2, 0.25) is 0 Å². The van der Waals surface area contributed by atoms with E-state index >= 15 is 0 Å². The van der Waals surface area contributed by atoms with Crippen LogP contribution in [0.5, 0.6) is 0 Å². The predicted molar refractivity (Wildman–Crippen MR) is 59.0 cm³/mol. The highest BCUT2D eigenvalue weighted by atomic mass is 16.6. The first-order chi connectivity index (χ1) is 8.14. The maximum absolute atomic E-state index is 11.3. The third kappa shape index (κ3) is 8.51. The molecule has 1 atom stereocenters. The van der Waals surface area contributed by atoms with Gasteiger partial charge in [0.2, 0.25) is 0 Å². The Bertz CT molecular complexity index is 320. The predicted octanol–water partition coefficient (Wildman–Crippen LogP) is -1.69. The van der Waals surface area contributed by atoms with Crippen LogP contribution in [0.4, 0.5) is 0 Å². The average molecular weight is 261 g/mol. The van der Waals surface area contributed by atoms with Crippen LogP contribution >= 0.6 is 0 Å². The largest absolute Gasteiger partial charge is 0.550 e. The van der Waals surface area contributed by atoms with Crippen molar-refractivity contribution in [3.8, 4) is 0 Å². The number of methoxy groups -OCH3 is 1. The summed E-state index contributed by atoms with van der Waals surface area (Å²) in [6.07, 6.45) is -1.76. The van der Waals surface area contributed by atoms with Crippen molar-refractivity contribution in [2.75, 3.05) is 34.8 Å². The second kappa shape index (κ2) is 6.95. The lowest BCUT2D eigenvalue weighted by Gasteiger charge is -2.29. The van der Waals surface area contributed by atoms with Gasteiger partial charge in [-0.25, -0.2) is 0 Å². The van der Waals surface area contributed by atoms with Crippen LogP contribution < -0.4 is 5.11 Å². The van der Waals surface area contributed by atoms with Crippen LogP contribution in [0, 0.1) is 0 Å². The van der Waals surface area contributed by atoms with Gasteiger partial charge in [0.25, 0.3) is 0 Å². The van der Waals surface area contributed by atoms with Crippen molar-refractivity contribution in [2.45, 2.75) is 18.9 Å². The van der Waals surface area contributed by atoms with Crippen molar-refractivity contribution in [1.29, 1.82) is 0 Å². The van der Waals surface area contributed by atoms with E-state index < -0.39 is 36.9 Å². The van der Waals surface area contributed by atoms with Gasteiger partial charge in [-0.2, -0.15) is 0 Å². The molecule has 0 rings (SSSR count). The molecule has 0 unspecified atom stereocenters. The van der Waals surface area contributed by atoms with E-state index in [9.17, 15) is 19.5 Å². The Balaban J connectivity index is 4.44. The zero-order valence-electron chi connectivity index (χ0n) is 11.1. The Morgan fingerprint density at radius 3 is 2.11 bits per heavy atom. The number of carboxylic acids is 1. The number of aliphatic carboxylic acids is 1. The van der Waals surface area contributed by atoms with Crippen LogP contribution in [0.25, 0.3) is 0 Å². The number of hydrogen-bond acceptors (Lipinski definition) is 6.